The second-order valence-corrected chi connectivity index (χ2v) is 6.43. The van der Waals surface area contributed by atoms with Gasteiger partial charge in [-0.2, -0.15) is 0 Å². The third kappa shape index (κ3) is 3.57. The van der Waals surface area contributed by atoms with Gasteiger partial charge in [-0.3, -0.25) is 4.79 Å². The molecule has 1 fully saturated rings. The predicted octanol–water partition coefficient (Wildman–Crippen LogP) is 2.19. The number of carbonyl (C=O) groups excluding carboxylic acids is 1. The van der Waals surface area contributed by atoms with Crippen LogP contribution >= 0.6 is 0 Å². The fraction of sp³-hybridized carbons (Fsp3) is 0.368. The number of amides is 1. The van der Waals surface area contributed by atoms with Gasteiger partial charge in [-0.05, 0) is 25.1 Å². The lowest BCUT2D eigenvalue weighted by atomic mass is 10.1. The summed E-state index contributed by atoms with van der Waals surface area (Å²) in [6.07, 6.45) is 2.56. The highest BCUT2D eigenvalue weighted by Crippen LogP contribution is 2.21. The van der Waals surface area contributed by atoms with Crippen LogP contribution in [0.4, 0.5) is 0 Å². The summed E-state index contributed by atoms with van der Waals surface area (Å²) in [6, 6.07) is 9.73. The number of ether oxygens (including phenoxy) is 1. The van der Waals surface area contributed by atoms with E-state index in [0.29, 0.717) is 38.4 Å². The molecule has 7 heteroatoms. The van der Waals surface area contributed by atoms with Gasteiger partial charge in [-0.1, -0.05) is 12.1 Å². The van der Waals surface area contributed by atoms with Gasteiger partial charge in [0.05, 0.1) is 29.9 Å². The molecule has 3 heterocycles. The van der Waals surface area contributed by atoms with Gasteiger partial charge >= 0.3 is 0 Å². The number of aromatic amines is 1. The van der Waals surface area contributed by atoms with Crippen LogP contribution in [0.5, 0.6) is 0 Å². The molecule has 0 bridgehead atoms. The van der Waals surface area contributed by atoms with E-state index in [9.17, 15) is 4.79 Å². The van der Waals surface area contributed by atoms with Crippen molar-refractivity contribution in [2.75, 3.05) is 19.7 Å². The van der Waals surface area contributed by atoms with Crippen LogP contribution < -0.4 is 0 Å². The Balaban J connectivity index is 1.38. The summed E-state index contributed by atoms with van der Waals surface area (Å²) in [7, 11) is 0. The Kier molecular flexibility index (Phi) is 4.62. The first-order valence-corrected chi connectivity index (χ1v) is 8.81. The lowest BCUT2D eigenvalue weighted by molar-refractivity contribution is -0.139. The number of fused-ring (bicyclic) bond motifs is 1. The second-order valence-electron chi connectivity index (χ2n) is 6.43. The first kappa shape index (κ1) is 16.7. The van der Waals surface area contributed by atoms with Crippen molar-refractivity contribution in [2.45, 2.75) is 25.9 Å². The number of rotatable bonds is 4. The van der Waals surface area contributed by atoms with Gasteiger partial charge in [0, 0.05) is 25.6 Å². The van der Waals surface area contributed by atoms with E-state index >= 15 is 0 Å². The minimum absolute atomic E-state index is 0.115. The van der Waals surface area contributed by atoms with Crippen LogP contribution in [0.25, 0.3) is 11.0 Å². The molecule has 1 saturated heterocycles. The van der Waals surface area contributed by atoms with E-state index in [2.05, 4.69) is 19.9 Å². The number of hydrogen-bond donors (Lipinski definition) is 1. The number of para-hydroxylation sites is 2. The number of nitrogens with one attached hydrogen (secondary N) is 1. The SMILES string of the molecule is Cc1nccc(C2CN(C(=O)CCc3nc4ccccc4[nH]3)CCO2)n1. The van der Waals surface area contributed by atoms with Crippen LogP contribution in [0.2, 0.25) is 0 Å². The van der Waals surface area contributed by atoms with Crippen molar-refractivity contribution in [1.29, 1.82) is 0 Å². The quantitative estimate of drug-likeness (QED) is 0.779. The molecule has 0 saturated carbocycles. The van der Waals surface area contributed by atoms with Gasteiger partial charge in [0.25, 0.3) is 0 Å². The number of morpholine rings is 1. The highest BCUT2D eigenvalue weighted by molar-refractivity contribution is 5.77. The van der Waals surface area contributed by atoms with Gasteiger partial charge in [0.15, 0.2) is 0 Å². The molecular weight excluding hydrogens is 330 g/mol. The Morgan fingerprint density at radius 1 is 1.31 bits per heavy atom. The highest BCUT2D eigenvalue weighted by atomic mass is 16.5. The van der Waals surface area contributed by atoms with Crippen LogP contribution in [-0.2, 0) is 16.0 Å². The fourth-order valence-corrected chi connectivity index (χ4v) is 3.22. The van der Waals surface area contributed by atoms with E-state index in [1.165, 1.54) is 0 Å². The maximum absolute atomic E-state index is 12.6. The summed E-state index contributed by atoms with van der Waals surface area (Å²) in [5.41, 5.74) is 2.76. The molecule has 1 amide bonds. The second kappa shape index (κ2) is 7.21. The predicted molar refractivity (Wildman–Crippen MR) is 96.5 cm³/mol. The number of aryl methyl sites for hydroxylation is 2. The largest absolute Gasteiger partial charge is 0.368 e. The normalized spacial score (nSPS) is 17.6. The molecule has 1 N–H and O–H groups in total. The van der Waals surface area contributed by atoms with Crippen LogP contribution in [0, 0.1) is 6.92 Å². The van der Waals surface area contributed by atoms with Gasteiger partial charge in [0.1, 0.15) is 17.8 Å². The van der Waals surface area contributed by atoms with Crippen molar-refractivity contribution in [3.05, 3.63) is 53.9 Å². The first-order valence-electron chi connectivity index (χ1n) is 8.81. The van der Waals surface area contributed by atoms with E-state index in [0.717, 1.165) is 22.6 Å². The Hall–Kier alpha value is -2.80. The standard InChI is InChI=1S/C19H21N5O2/c1-13-20-9-8-16(21-13)17-12-24(10-11-26-17)19(25)7-6-18-22-14-4-2-3-5-15(14)23-18/h2-5,8-9,17H,6-7,10-12H2,1H3,(H,22,23). The Bertz CT molecular complexity index is 890. The fourth-order valence-electron chi connectivity index (χ4n) is 3.22. The molecule has 1 aliphatic rings. The molecule has 134 valence electrons. The lowest BCUT2D eigenvalue weighted by Crippen LogP contribution is -2.42. The minimum atomic E-state index is -0.194. The van der Waals surface area contributed by atoms with Crippen LogP contribution in [0.15, 0.2) is 36.5 Å². The smallest absolute Gasteiger partial charge is 0.223 e. The van der Waals surface area contributed by atoms with E-state index in [1.807, 2.05) is 42.2 Å². The van der Waals surface area contributed by atoms with Crippen LogP contribution in [0.3, 0.4) is 0 Å². The number of imidazole rings is 1. The van der Waals surface area contributed by atoms with Crippen LogP contribution in [0.1, 0.15) is 29.9 Å². The Morgan fingerprint density at radius 3 is 3.04 bits per heavy atom. The number of nitrogens with zero attached hydrogens (tertiary/aromatic N) is 4. The molecule has 2 aromatic heterocycles. The van der Waals surface area contributed by atoms with Crippen molar-refractivity contribution in [1.82, 2.24) is 24.8 Å². The molecule has 0 aliphatic carbocycles. The average Bonchev–Trinajstić information content (AvgIpc) is 3.09. The monoisotopic (exact) mass is 351 g/mol. The number of benzene rings is 1. The van der Waals surface area contributed by atoms with Crippen molar-refractivity contribution >= 4 is 16.9 Å². The first-order chi connectivity index (χ1) is 12.7. The summed E-state index contributed by atoms with van der Waals surface area (Å²) in [6.45, 7) is 3.50. The zero-order valence-corrected chi connectivity index (χ0v) is 14.7. The van der Waals surface area contributed by atoms with Gasteiger partial charge in [-0.15, -0.1) is 0 Å². The zero-order chi connectivity index (χ0) is 17.9. The van der Waals surface area contributed by atoms with Gasteiger partial charge in [-0.25, -0.2) is 15.0 Å². The molecule has 4 rings (SSSR count). The maximum atomic E-state index is 12.6. The highest BCUT2D eigenvalue weighted by Gasteiger charge is 2.26. The summed E-state index contributed by atoms with van der Waals surface area (Å²) in [5, 5.41) is 0. The molecule has 3 aromatic rings. The number of aromatic nitrogens is 4. The maximum Gasteiger partial charge on any atom is 0.223 e. The summed E-state index contributed by atoms with van der Waals surface area (Å²) in [5.74, 6) is 1.67. The average molecular weight is 351 g/mol. The van der Waals surface area contributed by atoms with Gasteiger partial charge in [0.2, 0.25) is 5.91 Å². The van der Waals surface area contributed by atoms with Crippen molar-refractivity contribution in [3.63, 3.8) is 0 Å². The molecule has 1 aromatic carbocycles. The molecule has 0 radical (unpaired) electrons. The van der Waals surface area contributed by atoms with Crippen LogP contribution in [-0.4, -0.2) is 50.4 Å². The molecule has 1 aliphatic heterocycles. The molecule has 26 heavy (non-hydrogen) atoms. The minimum Gasteiger partial charge on any atom is -0.368 e. The molecular formula is C19H21N5O2. The lowest BCUT2D eigenvalue weighted by Gasteiger charge is -2.32. The van der Waals surface area contributed by atoms with Gasteiger partial charge < -0.3 is 14.6 Å². The summed E-state index contributed by atoms with van der Waals surface area (Å²) >= 11 is 0. The van der Waals surface area contributed by atoms with Crippen molar-refractivity contribution < 1.29 is 9.53 Å². The van der Waals surface area contributed by atoms with E-state index in [-0.39, 0.29) is 12.0 Å². The Morgan fingerprint density at radius 2 is 2.19 bits per heavy atom. The van der Waals surface area contributed by atoms with E-state index < -0.39 is 0 Å². The third-order valence-electron chi connectivity index (χ3n) is 4.56. The van der Waals surface area contributed by atoms with Crippen molar-refractivity contribution in [3.8, 4) is 0 Å². The zero-order valence-electron chi connectivity index (χ0n) is 14.7. The summed E-state index contributed by atoms with van der Waals surface area (Å²) < 4.78 is 5.80. The number of H-pyrrole nitrogens is 1. The summed E-state index contributed by atoms with van der Waals surface area (Å²) in [4.78, 5) is 30.8. The number of hydrogen-bond acceptors (Lipinski definition) is 5. The van der Waals surface area contributed by atoms with Crippen molar-refractivity contribution in [2.24, 2.45) is 0 Å². The topological polar surface area (TPSA) is 84.0 Å². The Labute approximate surface area is 151 Å². The van der Waals surface area contributed by atoms with E-state index in [1.54, 1.807) is 6.20 Å². The molecule has 1 unspecified atom stereocenters. The number of carbonyl (C=O) groups is 1. The third-order valence-corrected chi connectivity index (χ3v) is 4.56. The molecule has 7 nitrogen and oxygen atoms in total. The molecule has 0 spiro atoms. The van der Waals surface area contributed by atoms with E-state index in [4.69, 9.17) is 4.74 Å². The molecule has 1 atom stereocenters.